The number of aromatic nitrogens is 4. The normalized spacial score (nSPS) is 12.5. The SMILES string of the molecule is CC(C)(C)OC(=O)N(Cc1cccc(Cn2ncc3c(N)nc(Cl)nc32)c1)c1cccc(CO[Si](C)(C)C(C)(C)C)c1. The van der Waals surface area contributed by atoms with E-state index in [1.54, 1.807) is 15.8 Å². The zero-order chi connectivity index (χ0) is 30.9. The summed E-state index contributed by atoms with van der Waals surface area (Å²) in [5.74, 6) is 0.287. The van der Waals surface area contributed by atoms with Crippen LogP contribution in [-0.4, -0.2) is 39.8 Å². The van der Waals surface area contributed by atoms with Crippen molar-refractivity contribution in [2.24, 2.45) is 0 Å². The minimum atomic E-state index is -1.94. The molecule has 2 N–H and O–H groups in total. The molecule has 2 heterocycles. The van der Waals surface area contributed by atoms with Gasteiger partial charge in [-0.25, -0.2) is 14.5 Å². The van der Waals surface area contributed by atoms with Crippen LogP contribution in [0.5, 0.6) is 0 Å². The summed E-state index contributed by atoms with van der Waals surface area (Å²) in [5, 5.41) is 5.26. The molecule has 0 saturated carbocycles. The molecule has 1 amide bonds. The number of carbonyl (C=O) groups is 1. The number of nitrogens with two attached hydrogens (primary N) is 1. The van der Waals surface area contributed by atoms with Crippen LogP contribution < -0.4 is 10.6 Å². The number of hydrogen-bond acceptors (Lipinski definition) is 7. The van der Waals surface area contributed by atoms with Gasteiger partial charge >= 0.3 is 6.09 Å². The molecule has 0 atom stereocenters. The molecule has 0 unspecified atom stereocenters. The summed E-state index contributed by atoms with van der Waals surface area (Å²) in [5.41, 5.74) is 9.57. The topological polar surface area (TPSA) is 108 Å². The predicted octanol–water partition coefficient (Wildman–Crippen LogP) is 7.57. The summed E-state index contributed by atoms with van der Waals surface area (Å²) >= 11 is 6.05. The summed E-state index contributed by atoms with van der Waals surface area (Å²) in [4.78, 5) is 23.5. The molecular weight excluding hydrogens is 568 g/mol. The molecule has 2 aromatic carbocycles. The summed E-state index contributed by atoms with van der Waals surface area (Å²) in [6.07, 6.45) is 1.21. The van der Waals surface area contributed by atoms with Crippen molar-refractivity contribution in [3.05, 3.63) is 76.7 Å². The Morgan fingerprint density at radius 2 is 1.67 bits per heavy atom. The van der Waals surface area contributed by atoms with E-state index in [-0.39, 0.29) is 16.1 Å². The number of carbonyl (C=O) groups excluding carboxylic acids is 1. The number of nitrogens with zero attached hydrogens (tertiary/aromatic N) is 5. The molecule has 0 saturated heterocycles. The van der Waals surface area contributed by atoms with Crippen molar-refractivity contribution in [1.29, 1.82) is 0 Å². The van der Waals surface area contributed by atoms with E-state index in [4.69, 9.17) is 26.5 Å². The van der Waals surface area contributed by atoms with Crippen LogP contribution in [-0.2, 0) is 28.9 Å². The molecule has 4 rings (SSSR count). The number of nitrogen functional groups attached to an aromatic ring is 1. The number of benzene rings is 2. The summed E-state index contributed by atoms with van der Waals surface area (Å²) in [6, 6.07) is 15.9. The van der Waals surface area contributed by atoms with Gasteiger partial charge < -0.3 is 14.9 Å². The highest BCUT2D eigenvalue weighted by molar-refractivity contribution is 6.74. The van der Waals surface area contributed by atoms with E-state index in [2.05, 4.69) is 48.9 Å². The molecule has 0 spiro atoms. The lowest BCUT2D eigenvalue weighted by molar-refractivity contribution is 0.0577. The van der Waals surface area contributed by atoms with Gasteiger partial charge in [0.25, 0.3) is 0 Å². The van der Waals surface area contributed by atoms with Crippen molar-refractivity contribution in [3.8, 4) is 0 Å². The van der Waals surface area contributed by atoms with Crippen LogP contribution in [0.4, 0.5) is 16.3 Å². The third kappa shape index (κ3) is 7.67. The maximum Gasteiger partial charge on any atom is 0.415 e. The van der Waals surface area contributed by atoms with Crippen LogP contribution in [0.1, 0.15) is 58.2 Å². The minimum absolute atomic E-state index is 0.0699. The first-order valence-corrected chi connectivity index (χ1v) is 17.3. The number of anilines is 2. The highest BCUT2D eigenvalue weighted by atomic mass is 35.5. The van der Waals surface area contributed by atoms with E-state index < -0.39 is 20.0 Å². The van der Waals surface area contributed by atoms with Gasteiger partial charge in [0.2, 0.25) is 5.28 Å². The van der Waals surface area contributed by atoms with E-state index in [9.17, 15) is 4.79 Å². The van der Waals surface area contributed by atoms with Gasteiger partial charge in [0.05, 0.1) is 31.3 Å². The van der Waals surface area contributed by atoms with Gasteiger partial charge in [-0.3, -0.25) is 4.90 Å². The first-order valence-electron chi connectivity index (χ1n) is 14.0. The Morgan fingerprint density at radius 3 is 2.36 bits per heavy atom. The largest absolute Gasteiger partial charge is 0.443 e. The lowest BCUT2D eigenvalue weighted by Crippen LogP contribution is -2.40. The number of amides is 1. The van der Waals surface area contributed by atoms with Gasteiger partial charge in [-0.15, -0.1) is 0 Å². The van der Waals surface area contributed by atoms with Crippen molar-refractivity contribution in [3.63, 3.8) is 0 Å². The van der Waals surface area contributed by atoms with Crippen molar-refractivity contribution in [1.82, 2.24) is 19.7 Å². The second-order valence-corrected chi connectivity index (χ2v) is 18.2. The standard InChI is InChI=1S/C31H41ClN6O3Si/c1-30(2,3)41-29(39)37(24-14-10-13-23(16-24)20-40-42(7,8)31(4,5)6)18-21-11-9-12-22(15-21)19-38-27-25(17-34-38)26(33)35-28(32)36-27/h9-17H,18-20H2,1-8H3,(H2,33,35,36). The highest BCUT2D eigenvalue weighted by Gasteiger charge is 2.37. The summed E-state index contributed by atoms with van der Waals surface area (Å²) < 4.78 is 14.0. The Bertz CT molecular complexity index is 1580. The molecule has 0 aliphatic carbocycles. The van der Waals surface area contributed by atoms with Gasteiger partial charge in [-0.2, -0.15) is 10.1 Å². The highest BCUT2D eigenvalue weighted by Crippen LogP contribution is 2.37. The number of hydrogen-bond donors (Lipinski definition) is 1. The molecule has 2 aromatic heterocycles. The molecule has 0 fully saturated rings. The molecule has 42 heavy (non-hydrogen) atoms. The van der Waals surface area contributed by atoms with Crippen LogP contribution in [0.25, 0.3) is 11.0 Å². The van der Waals surface area contributed by atoms with Crippen molar-refractivity contribution < 1.29 is 14.0 Å². The molecular formula is C31H41ClN6O3Si. The Hall–Kier alpha value is -3.47. The fraction of sp³-hybridized carbons (Fsp3) is 0.419. The summed E-state index contributed by atoms with van der Waals surface area (Å²) in [7, 11) is -1.94. The third-order valence-corrected chi connectivity index (χ3v) is 12.1. The van der Waals surface area contributed by atoms with Crippen molar-refractivity contribution in [2.75, 3.05) is 10.6 Å². The average Bonchev–Trinajstić information content (AvgIpc) is 3.27. The predicted molar refractivity (Wildman–Crippen MR) is 171 cm³/mol. The lowest BCUT2D eigenvalue weighted by Gasteiger charge is -2.36. The van der Waals surface area contributed by atoms with Crippen molar-refractivity contribution >= 4 is 48.6 Å². The van der Waals surface area contributed by atoms with E-state index >= 15 is 0 Å². The molecule has 0 aliphatic rings. The zero-order valence-electron chi connectivity index (χ0n) is 25.7. The van der Waals surface area contributed by atoms with Crippen LogP contribution in [0, 0.1) is 0 Å². The van der Waals surface area contributed by atoms with Crippen LogP contribution in [0.2, 0.25) is 23.4 Å². The molecule has 11 heteroatoms. The van der Waals surface area contributed by atoms with Crippen molar-refractivity contribution in [2.45, 2.75) is 85.0 Å². The monoisotopic (exact) mass is 608 g/mol. The van der Waals surface area contributed by atoms with Crippen LogP contribution in [0.15, 0.2) is 54.7 Å². The van der Waals surface area contributed by atoms with Gasteiger partial charge in [0.15, 0.2) is 14.0 Å². The average molecular weight is 609 g/mol. The first-order chi connectivity index (χ1) is 19.5. The number of fused-ring (bicyclic) bond motifs is 1. The number of ether oxygens (including phenoxy) is 1. The van der Waals surface area contributed by atoms with Crippen LogP contribution in [0.3, 0.4) is 0 Å². The number of rotatable bonds is 8. The second kappa shape index (κ2) is 12.0. The van der Waals surface area contributed by atoms with Gasteiger partial charge in [0.1, 0.15) is 11.4 Å². The fourth-order valence-corrected chi connectivity index (χ4v) is 5.25. The maximum atomic E-state index is 13.5. The smallest absolute Gasteiger partial charge is 0.415 e. The molecule has 9 nitrogen and oxygen atoms in total. The minimum Gasteiger partial charge on any atom is -0.443 e. The first kappa shape index (κ1) is 31.5. The second-order valence-electron chi connectivity index (χ2n) is 13.0. The lowest BCUT2D eigenvalue weighted by atomic mass is 10.1. The van der Waals surface area contributed by atoms with E-state index in [1.807, 2.05) is 69.3 Å². The molecule has 224 valence electrons. The van der Waals surface area contributed by atoms with E-state index in [0.717, 1.165) is 22.4 Å². The van der Waals surface area contributed by atoms with E-state index in [1.165, 1.54) is 0 Å². The Morgan fingerprint density at radius 1 is 1.00 bits per heavy atom. The summed E-state index contributed by atoms with van der Waals surface area (Å²) in [6.45, 7) is 18.0. The van der Waals surface area contributed by atoms with Gasteiger partial charge in [-0.1, -0.05) is 57.2 Å². The maximum absolute atomic E-state index is 13.5. The molecule has 4 aromatic rings. The zero-order valence-corrected chi connectivity index (χ0v) is 27.5. The van der Waals surface area contributed by atoms with Gasteiger partial charge in [0, 0.05) is 5.69 Å². The van der Waals surface area contributed by atoms with Gasteiger partial charge in [-0.05, 0) is 79.3 Å². The quantitative estimate of drug-likeness (QED) is 0.162. The van der Waals surface area contributed by atoms with E-state index in [0.29, 0.717) is 30.7 Å². The van der Waals surface area contributed by atoms with Crippen LogP contribution >= 0.6 is 11.6 Å². The molecule has 0 aliphatic heterocycles. The Kier molecular flexibility index (Phi) is 9.01. The Labute approximate surface area is 254 Å². The fourth-order valence-electron chi connectivity index (χ4n) is 4.12. The number of halogens is 1. The Balaban J connectivity index is 1.60. The third-order valence-electron chi connectivity index (χ3n) is 7.40. The molecule has 0 radical (unpaired) electrons. The molecule has 0 bridgehead atoms.